The van der Waals surface area contributed by atoms with Crippen LogP contribution in [0.4, 0.5) is 0 Å². The van der Waals surface area contributed by atoms with Gasteiger partial charge in [0.2, 0.25) is 0 Å². The molecule has 1 rings (SSSR count). The fourth-order valence-electron chi connectivity index (χ4n) is 1.48. The second-order valence-electron chi connectivity index (χ2n) is 4.14. The van der Waals surface area contributed by atoms with Gasteiger partial charge in [0.25, 0.3) is 0 Å². The Kier molecular flexibility index (Phi) is 9.18. The molecule has 0 radical (unpaired) electrons. The molecule has 1 aromatic rings. The number of hydrogen-bond acceptors (Lipinski definition) is 1. The standard InChI is InChI=1S/C13H20ClN3.HI/c1-10(2)17-13(15-3)16-9-8-11-6-4-5-7-12(11)14;/h4-7,10H,8-9H2,1-3H3,(H2,15,16,17);1H. The summed E-state index contributed by atoms with van der Waals surface area (Å²) in [6.07, 6.45) is 0.887. The van der Waals surface area contributed by atoms with Gasteiger partial charge in [-0.2, -0.15) is 0 Å². The van der Waals surface area contributed by atoms with Crippen molar-refractivity contribution in [3.8, 4) is 0 Å². The summed E-state index contributed by atoms with van der Waals surface area (Å²) in [6.45, 7) is 4.98. The SMILES string of the molecule is CN=C(NCCc1ccccc1Cl)NC(C)C.I. The van der Waals surface area contributed by atoms with Crippen LogP contribution in [0.2, 0.25) is 5.02 Å². The molecule has 0 atom stereocenters. The predicted molar refractivity (Wildman–Crippen MR) is 90.2 cm³/mol. The van der Waals surface area contributed by atoms with Gasteiger partial charge in [-0.15, -0.1) is 24.0 Å². The van der Waals surface area contributed by atoms with Crippen molar-refractivity contribution in [3.05, 3.63) is 34.9 Å². The first-order valence-corrected chi connectivity index (χ1v) is 6.22. The van der Waals surface area contributed by atoms with Crippen LogP contribution in [-0.2, 0) is 6.42 Å². The Morgan fingerprint density at radius 2 is 2.00 bits per heavy atom. The van der Waals surface area contributed by atoms with Crippen LogP contribution in [0.25, 0.3) is 0 Å². The number of nitrogens with zero attached hydrogens (tertiary/aromatic N) is 1. The lowest BCUT2D eigenvalue weighted by Crippen LogP contribution is -2.41. The Bertz CT molecular complexity index is 380. The van der Waals surface area contributed by atoms with Gasteiger partial charge in [0, 0.05) is 24.7 Å². The highest BCUT2D eigenvalue weighted by molar-refractivity contribution is 14.0. The van der Waals surface area contributed by atoms with E-state index in [1.807, 2.05) is 24.3 Å². The highest BCUT2D eigenvalue weighted by Crippen LogP contribution is 2.14. The molecule has 0 saturated heterocycles. The normalized spacial score (nSPS) is 11.1. The van der Waals surface area contributed by atoms with E-state index >= 15 is 0 Å². The Hall–Kier alpha value is -0.490. The molecule has 102 valence electrons. The number of aliphatic imine (C=N–C) groups is 1. The van der Waals surface area contributed by atoms with Gasteiger partial charge in [0.05, 0.1) is 0 Å². The minimum atomic E-state index is 0. The largest absolute Gasteiger partial charge is 0.356 e. The molecule has 0 aliphatic carbocycles. The van der Waals surface area contributed by atoms with Gasteiger partial charge in [0.15, 0.2) is 5.96 Å². The van der Waals surface area contributed by atoms with E-state index in [0.29, 0.717) is 6.04 Å². The lowest BCUT2D eigenvalue weighted by atomic mass is 10.1. The average Bonchev–Trinajstić information content (AvgIpc) is 2.29. The van der Waals surface area contributed by atoms with E-state index in [0.717, 1.165) is 29.5 Å². The molecule has 0 aliphatic heterocycles. The maximum atomic E-state index is 6.08. The van der Waals surface area contributed by atoms with E-state index in [2.05, 4.69) is 29.5 Å². The first-order valence-electron chi connectivity index (χ1n) is 5.84. The van der Waals surface area contributed by atoms with Crippen LogP contribution in [-0.4, -0.2) is 25.6 Å². The maximum absolute atomic E-state index is 6.08. The highest BCUT2D eigenvalue weighted by atomic mass is 127. The number of rotatable bonds is 4. The monoisotopic (exact) mass is 381 g/mol. The second kappa shape index (κ2) is 9.44. The van der Waals surface area contributed by atoms with Gasteiger partial charge in [-0.1, -0.05) is 29.8 Å². The number of benzene rings is 1. The number of nitrogens with one attached hydrogen (secondary N) is 2. The Balaban J connectivity index is 0.00000289. The van der Waals surface area contributed by atoms with Crippen LogP contribution in [0.1, 0.15) is 19.4 Å². The summed E-state index contributed by atoms with van der Waals surface area (Å²) in [5.41, 5.74) is 1.15. The zero-order valence-electron chi connectivity index (χ0n) is 11.0. The summed E-state index contributed by atoms with van der Waals surface area (Å²) in [5, 5.41) is 7.31. The topological polar surface area (TPSA) is 36.4 Å². The minimum Gasteiger partial charge on any atom is -0.356 e. The molecule has 0 amide bonds. The third-order valence-electron chi connectivity index (χ3n) is 2.29. The third-order valence-corrected chi connectivity index (χ3v) is 2.66. The molecule has 0 saturated carbocycles. The van der Waals surface area contributed by atoms with Crippen molar-refractivity contribution in [3.63, 3.8) is 0 Å². The molecule has 0 heterocycles. The van der Waals surface area contributed by atoms with Crippen molar-refractivity contribution in [2.24, 2.45) is 4.99 Å². The number of halogens is 2. The molecule has 0 aliphatic rings. The fraction of sp³-hybridized carbons (Fsp3) is 0.462. The fourth-order valence-corrected chi connectivity index (χ4v) is 1.72. The molecular weight excluding hydrogens is 361 g/mol. The summed E-state index contributed by atoms with van der Waals surface area (Å²) in [5.74, 6) is 0.826. The second-order valence-corrected chi connectivity index (χ2v) is 4.55. The Morgan fingerprint density at radius 1 is 1.33 bits per heavy atom. The third kappa shape index (κ3) is 6.44. The predicted octanol–water partition coefficient (Wildman–Crippen LogP) is 3.07. The molecule has 3 nitrogen and oxygen atoms in total. The molecule has 0 fully saturated rings. The summed E-state index contributed by atoms with van der Waals surface area (Å²) >= 11 is 6.08. The zero-order chi connectivity index (χ0) is 12.7. The summed E-state index contributed by atoms with van der Waals surface area (Å²) in [6, 6.07) is 8.28. The Labute approximate surface area is 131 Å². The van der Waals surface area contributed by atoms with E-state index in [-0.39, 0.29) is 24.0 Å². The molecule has 0 aromatic heterocycles. The lowest BCUT2D eigenvalue weighted by molar-refractivity contribution is 0.698. The molecule has 2 N–H and O–H groups in total. The molecule has 0 unspecified atom stereocenters. The quantitative estimate of drug-likeness (QED) is 0.478. The van der Waals surface area contributed by atoms with Gasteiger partial charge in [-0.05, 0) is 31.9 Å². The van der Waals surface area contributed by atoms with Gasteiger partial charge < -0.3 is 10.6 Å². The van der Waals surface area contributed by atoms with E-state index in [1.165, 1.54) is 0 Å². The van der Waals surface area contributed by atoms with Crippen molar-refractivity contribution in [1.29, 1.82) is 0 Å². The van der Waals surface area contributed by atoms with Crippen LogP contribution in [0.5, 0.6) is 0 Å². The minimum absolute atomic E-state index is 0. The molecular formula is C13H21ClIN3. The zero-order valence-corrected chi connectivity index (χ0v) is 14.1. The molecule has 0 bridgehead atoms. The first-order chi connectivity index (χ1) is 8.13. The van der Waals surface area contributed by atoms with Gasteiger partial charge in [-0.25, -0.2) is 0 Å². The van der Waals surface area contributed by atoms with E-state index in [9.17, 15) is 0 Å². The molecule has 18 heavy (non-hydrogen) atoms. The number of hydrogen-bond donors (Lipinski definition) is 2. The summed E-state index contributed by atoms with van der Waals surface area (Å²) in [4.78, 5) is 4.14. The van der Waals surface area contributed by atoms with Gasteiger partial charge >= 0.3 is 0 Å². The van der Waals surface area contributed by atoms with Crippen molar-refractivity contribution >= 4 is 41.5 Å². The molecule has 1 aromatic carbocycles. The van der Waals surface area contributed by atoms with Crippen LogP contribution in [0.15, 0.2) is 29.3 Å². The highest BCUT2D eigenvalue weighted by Gasteiger charge is 2.01. The van der Waals surface area contributed by atoms with Crippen LogP contribution < -0.4 is 10.6 Å². The van der Waals surface area contributed by atoms with Gasteiger partial charge in [-0.3, -0.25) is 4.99 Å². The van der Waals surface area contributed by atoms with Crippen molar-refractivity contribution in [1.82, 2.24) is 10.6 Å². The smallest absolute Gasteiger partial charge is 0.191 e. The molecule has 0 spiro atoms. The van der Waals surface area contributed by atoms with Crippen molar-refractivity contribution < 1.29 is 0 Å². The number of guanidine groups is 1. The van der Waals surface area contributed by atoms with Crippen molar-refractivity contribution in [2.75, 3.05) is 13.6 Å². The van der Waals surface area contributed by atoms with Crippen LogP contribution in [0.3, 0.4) is 0 Å². The van der Waals surface area contributed by atoms with Crippen LogP contribution in [0, 0.1) is 0 Å². The van der Waals surface area contributed by atoms with Gasteiger partial charge in [0.1, 0.15) is 0 Å². The van der Waals surface area contributed by atoms with E-state index in [1.54, 1.807) is 7.05 Å². The lowest BCUT2D eigenvalue weighted by Gasteiger charge is -2.14. The first kappa shape index (κ1) is 17.5. The van der Waals surface area contributed by atoms with Crippen molar-refractivity contribution in [2.45, 2.75) is 26.3 Å². The molecule has 5 heteroatoms. The summed E-state index contributed by atoms with van der Waals surface area (Å²) in [7, 11) is 1.77. The Morgan fingerprint density at radius 3 is 2.56 bits per heavy atom. The average molecular weight is 382 g/mol. The summed E-state index contributed by atoms with van der Waals surface area (Å²) < 4.78 is 0. The maximum Gasteiger partial charge on any atom is 0.191 e. The van der Waals surface area contributed by atoms with E-state index in [4.69, 9.17) is 11.6 Å². The van der Waals surface area contributed by atoms with E-state index < -0.39 is 0 Å². The van der Waals surface area contributed by atoms with Crippen LogP contribution >= 0.6 is 35.6 Å².